The SMILES string of the molecule is Cc1ccc2c(c1)/C(=N\NC(N)=O)CC2. The predicted octanol–water partition coefficient (Wildman–Crippen LogP) is 1.31. The Morgan fingerprint density at radius 2 is 2.27 bits per heavy atom. The molecule has 15 heavy (non-hydrogen) atoms. The van der Waals surface area contributed by atoms with Gasteiger partial charge in [0.1, 0.15) is 0 Å². The van der Waals surface area contributed by atoms with Crippen molar-refractivity contribution < 1.29 is 4.79 Å². The molecule has 0 fully saturated rings. The van der Waals surface area contributed by atoms with Crippen LogP contribution in [0.15, 0.2) is 23.3 Å². The lowest BCUT2D eigenvalue weighted by atomic mass is 10.1. The number of rotatable bonds is 1. The van der Waals surface area contributed by atoms with Crippen LogP contribution in [0.2, 0.25) is 0 Å². The monoisotopic (exact) mass is 203 g/mol. The van der Waals surface area contributed by atoms with Gasteiger partial charge < -0.3 is 5.73 Å². The van der Waals surface area contributed by atoms with Gasteiger partial charge in [-0.3, -0.25) is 0 Å². The van der Waals surface area contributed by atoms with Gasteiger partial charge in [0.05, 0.1) is 5.71 Å². The van der Waals surface area contributed by atoms with Crippen LogP contribution in [0.3, 0.4) is 0 Å². The van der Waals surface area contributed by atoms with Crippen molar-refractivity contribution in [1.29, 1.82) is 0 Å². The zero-order valence-corrected chi connectivity index (χ0v) is 8.58. The summed E-state index contributed by atoms with van der Waals surface area (Å²) in [6.45, 7) is 2.04. The first-order chi connectivity index (χ1) is 7.16. The first-order valence-electron chi connectivity index (χ1n) is 4.89. The van der Waals surface area contributed by atoms with Gasteiger partial charge in [-0.2, -0.15) is 5.10 Å². The van der Waals surface area contributed by atoms with Crippen molar-refractivity contribution in [3.05, 3.63) is 34.9 Å². The summed E-state index contributed by atoms with van der Waals surface area (Å²) < 4.78 is 0. The lowest BCUT2D eigenvalue weighted by Crippen LogP contribution is -2.25. The number of carbonyl (C=O) groups is 1. The van der Waals surface area contributed by atoms with Gasteiger partial charge >= 0.3 is 6.03 Å². The van der Waals surface area contributed by atoms with E-state index in [-0.39, 0.29) is 0 Å². The van der Waals surface area contributed by atoms with Crippen LogP contribution in [-0.2, 0) is 6.42 Å². The molecule has 0 radical (unpaired) electrons. The summed E-state index contributed by atoms with van der Waals surface area (Å²) in [5.74, 6) is 0. The highest BCUT2D eigenvalue weighted by molar-refractivity contribution is 6.04. The highest BCUT2D eigenvalue weighted by Crippen LogP contribution is 2.23. The fourth-order valence-electron chi connectivity index (χ4n) is 1.80. The number of urea groups is 1. The molecule has 0 heterocycles. The quantitative estimate of drug-likeness (QED) is 0.664. The number of primary amides is 1. The second kappa shape index (κ2) is 3.73. The van der Waals surface area contributed by atoms with E-state index in [9.17, 15) is 4.79 Å². The Kier molecular flexibility index (Phi) is 2.41. The summed E-state index contributed by atoms with van der Waals surface area (Å²) >= 11 is 0. The minimum absolute atomic E-state index is 0.622. The van der Waals surface area contributed by atoms with Gasteiger partial charge in [0.2, 0.25) is 0 Å². The maximum Gasteiger partial charge on any atom is 0.332 e. The average molecular weight is 203 g/mol. The Morgan fingerprint density at radius 1 is 1.47 bits per heavy atom. The van der Waals surface area contributed by atoms with Crippen LogP contribution in [0.25, 0.3) is 0 Å². The van der Waals surface area contributed by atoms with E-state index in [0.29, 0.717) is 0 Å². The molecule has 4 heteroatoms. The van der Waals surface area contributed by atoms with Gasteiger partial charge in [0, 0.05) is 5.56 Å². The fourth-order valence-corrected chi connectivity index (χ4v) is 1.80. The molecule has 0 saturated carbocycles. The molecule has 0 spiro atoms. The summed E-state index contributed by atoms with van der Waals surface area (Å²) in [5, 5.41) is 4.00. The van der Waals surface area contributed by atoms with Gasteiger partial charge in [-0.05, 0) is 31.4 Å². The van der Waals surface area contributed by atoms with Crippen LogP contribution < -0.4 is 11.2 Å². The highest BCUT2D eigenvalue weighted by atomic mass is 16.2. The van der Waals surface area contributed by atoms with E-state index in [4.69, 9.17) is 5.73 Å². The Bertz CT molecular complexity index is 437. The molecule has 4 nitrogen and oxygen atoms in total. The topological polar surface area (TPSA) is 67.5 Å². The number of fused-ring (bicyclic) bond motifs is 1. The van der Waals surface area contributed by atoms with Gasteiger partial charge in [-0.25, -0.2) is 10.2 Å². The molecule has 0 aromatic heterocycles. The third-order valence-corrected chi connectivity index (χ3v) is 2.51. The minimum atomic E-state index is -0.622. The Balaban J connectivity index is 2.31. The molecular formula is C11H13N3O. The fraction of sp³-hybridized carbons (Fsp3) is 0.273. The lowest BCUT2D eigenvalue weighted by molar-refractivity contribution is 0.249. The largest absolute Gasteiger partial charge is 0.350 e. The zero-order chi connectivity index (χ0) is 10.8. The second-order valence-electron chi connectivity index (χ2n) is 3.70. The number of aryl methyl sites for hydroxylation is 2. The first-order valence-corrected chi connectivity index (χ1v) is 4.89. The van der Waals surface area contributed by atoms with E-state index in [1.165, 1.54) is 11.1 Å². The van der Waals surface area contributed by atoms with Crippen molar-refractivity contribution in [1.82, 2.24) is 5.43 Å². The molecule has 0 bridgehead atoms. The molecule has 0 unspecified atom stereocenters. The number of carbonyl (C=O) groups excluding carboxylic acids is 1. The van der Waals surface area contributed by atoms with Crippen LogP contribution >= 0.6 is 0 Å². The summed E-state index contributed by atoms with van der Waals surface area (Å²) in [7, 11) is 0. The first kappa shape index (κ1) is 9.71. The molecule has 2 rings (SSSR count). The van der Waals surface area contributed by atoms with Crippen LogP contribution in [0.5, 0.6) is 0 Å². The Morgan fingerprint density at radius 3 is 3.00 bits per heavy atom. The number of nitrogens with one attached hydrogen (secondary N) is 1. The standard InChI is InChI=1S/C11H13N3O/c1-7-2-3-8-4-5-10(9(8)6-7)13-14-11(12)15/h2-3,6H,4-5H2,1H3,(H3,12,14,15)/b13-10-. The van der Waals surface area contributed by atoms with E-state index < -0.39 is 6.03 Å². The summed E-state index contributed by atoms with van der Waals surface area (Å²) in [6, 6.07) is 5.66. The summed E-state index contributed by atoms with van der Waals surface area (Å²) in [5.41, 5.74) is 11.8. The molecule has 0 aliphatic heterocycles. The number of hydrazone groups is 1. The van der Waals surface area contributed by atoms with Crippen LogP contribution in [0, 0.1) is 6.92 Å². The van der Waals surface area contributed by atoms with Crippen molar-refractivity contribution in [2.75, 3.05) is 0 Å². The number of amides is 2. The van der Waals surface area contributed by atoms with Gasteiger partial charge in [-0.15, -0.1) is 0 Å². The van der Waals surface area contributed by atoms with Crippen molar-refractivity contribution in [2.24, 2.45) is 10.8 Å². The second-order valence-corrected chi connectivity index (χ2v) is 3.70. The van der Waals surface area contributed by atoms with E-state index in [2.05, 4.69) is 28.7 Å². The van der Waals surface area contributed by atoms with Crippen LogP contribution in [0.1, 0.15) is 23.1 Å². The molecule has 3 N–H and O–H groups in total. The maximum atomic E-state index is 10.5. The molecule has 1 aliphatic carbocycles. The highest BCUT2D eigenvalue weighted by Gasteiger charge is 2.17. The average Bonchev–Trinajstić information content (AvgIpc) is 2.57. The van der Waals surface area contributed by atoms with Crippen molar-refractivity contribution in [3.63, 3.8) is 0 Å². The van der Waals surface area contributed by atoms with E-state index in [1.54, 1.807) is 0 Å². The minimum Gasteiger partial charge on any atom is -0.350 e. The molecule has 1 aromatic rings. The predicted molar refractivity (Wildman–Crippen MR) is 58.8 cm³/mol. The van der Waals surface area contributed by atoms with Crippen molar-refractivity contribution in [3.8, 4) is 0 Å². The smallest absolute Gasteiger partial charge is 0.332 e. The normalized spacial score (nSPS) is 16.5. The maximum absolute atomic E-state index is 10.5. The number of benzene rings is 1. The van der Waals surface area contributed by atoms with Crippen molar-refractivity contribution in [2.45, 2.75) is 19.8 Å². The number of hydrogen-bond acceptors (Lipinski definition) is 2. The Labute approximate surface area is 88.2 Å². The molecule has 1 aromatic carbocycles. The molecular weight excluding hydrogens is 190 g/mol. The van der Waals surface area contributed by atoms with Crippen LogP contribution in [0.4, 0.5) is 4.79 Å². The zero-order valence-electron chi connectivity index (χ0n) is 8.58. The molecule has 1 aliphatic rings. The van der Waals surface area contributed by atoms with E-state index >= 15 is 0 Å². The Hall–Kier alpha value is -1.84. The van der Waals surface area contributed by atoms with Gasteiger partial charge in [-0.1, -0.05) is 17.7 Å². The summed E-state index contributed by atoms with van der Waals surface area (Å²) in [6.07, 6.45) is 1.84. The number of nitrogens with zero attached hydrogens (tertiary/aromatic N) is 1. The van der Waals surface area contributed by atoms with E-state index in [1.807, 2.05) is 6.92 Å². The van der Waals surface area contributed by atoms with Crippen LogP contribution in [-0.4, -0.2) is 11.7 Å². The summed E-state index contributed by atoms with van der Waals surface area (Å²) in [4.78, 5) is 10.5. The van der Waals surface area contributed by atoms with Gasteiger partial charge in [0.25, 0.3) is 0 Å². The molecule has 78 valence electrons. The number of hydrogen-bond donors (Lipinski definition) is 2. The van der Waals surface area contributed by atoms with E-state index in [0.717, 1.165) is 24.1 Å². The third kappa shape index (κ3) is 1.98. The molecule has 0 atom stereocenters. The molecule has 2 amide bonds. The van der Waals surface area contributed by atoms with Gasteiger partial charge in [0.15, 0.2) is 0 Å². The number of nitrogens with two attached hydrogens (primary N) is 1. The lowest BCUT2D eigenvalue weighted by Gasteiger charge is -2.01. The molecule has 0 saturated heterocycles. The third-order valence-electron chi connectivity index (χ3n) is 2.51. The van der Waals surface area contributed by atoms with Crippen molar-refractivity contribution >= 4 is 11.7 Å².